The fourth-order valence-electron chi connectivity index (χ4n) is 0.290. The molecule has 1 aliphatic heterocycles. The van der Waals surface area contributed by atoms with Crippen molar-refractivity contribution >= 4 is 11.9 Å². The number of nitrogens with one attached hydrogen (secondary N) is 1. The molecule has 7 heavy (non-hydrogen) atoms. The summed E-state index contributed by atoms with van der Waals surface area (Å²) in [6, 6.07) is 0. The van der Waals surface area contributed by atoms with Crippen LogP contribution >= 0.6 is 11.9 Å². The maximum Gasteiger partial charge on any atom is 0.0500 e. The molecule has 0 amide bonds. The van der Waals surface area contributed by atoms with Crippen molar-refractivity contribution in [3.05, 3.63) is 29.5 Å². The fourth-order valence-corrected chi connectivity index (χ4v) is 0.661. The molecule has 0 aliphatic carbocycles. The van der Waals surface area contributed by atoms with E-state index in [1.807, 2.05) is 17.6 Å². The smallest absolute Gasteiger partial charge is 0.0500 e. The summed E-state index contributed by atoms with van der Waals surface area (Å²) in [4.78, 5) is 0. The molecule has 1 nitrogen and oxygen atoms in total. The average Bonchev–Trinajstić information content (AvgIpc) is 1.90. The Morgan fingerprint density at radius 3 is 3.57 bits per heavy atom. The van der Waals surface area contributed by atoms with Crippen molar-refractivity contribution in [2.75, 3.05) is 0 Å². The molecule has 0 aromatic rings. The molecule has 2 heteroatoms. The minimum atomic E-state index is 1.54. The van der Waals surface area contributed by atoms with Gasteiger partial charge in [-0.3, -0.25) is 0 Å². The van der Waals surface area contributed by atoms with Gasteiger partial charge < -0.3 is 4.72 Å². The highest BCUT2D eigenvalue weighted by atomic mass is 32.2. The van der Waals surface area contributed by atoms with Crippen LogP contribution in [0.15, 0.2) is 29.5 Å². The van der Waals surface area contributed by atoms with Gasteiger partial charge in [0, 0.05) is 6.20 Å². The Morgan fingerprint density at radius 2 is 2.57 bits per heavy atom. The standard InChI is InChI=1S/C5H5NS/c1-2-4-6-7-5-3-1/h1,3-6H. The molecule has 0 unspecified atom stereocenters. The molecule has 0 atom stereocenters. The SMILES string of the molecule is C1=CC=CSNC=1. The molecule has 0 saturated carbocycles. The van der Waals surface area contributed by atoms with Crippen molar-refractivity contribution in [3.63, 3.8) is 0 Å². The van der Waals surface area contributed by atoms with Crippen molar-refractivity contribution in [2.24, 2.45) is 0 Å². The van der Waals surface area contributed by atoms with Crippen molar-refractivity contribution in [3.8, 4) is 0 Å². The van der Waals surface area contributed by atoms with Crippen molar-refractivity contribution in [1.82, 2.24) is 4.72 Å². The molecular weight excluding hydrogens is 106 g/mol. The lowest BCUT2D eigenvalue weighted by Crippen LogP contribution is -1.82. The van der Waals surface area contributed by atoms with Gasteiger partial charge in [-0.25, -0.2) is 0 Å². The highest BCUT2D eigenvalue weighted by molar-refractivity contribution is 8.00. The zero-order valence-electron chi connectivity index (χ0n) is 3.72. The molecule has 1 aliphatic rings. The Morgan fingerprint density at radius 1 is 1.57 bits per heavy atom. The minimum Gasteiger partial charge on any atom is -0.326 e. The predicted octanol–water partition coefficient (Wildman–Crippen LogP) is 1.42. The lowest BCUT2D eigenvalue weighted by molar-refractivity contribution is 1.44. The number of rotatable bonds is 0. The van der Waals surface area contributed by atoms with Crippen molar-refractivity contribution < 1.29 is 0 Å². The summed E-state index contributed by atoms with van der Waals surface area (Å²) >= 11 is 1.54. The van der Waals surface area contributed by atoms with E-state index < -0.39 is 0 Å². The van der Waals surface area contributed by atoms with Crippen LogP contribution in [0.25, 0.3) is 0 Å². The lowest BCUT2D eigenvalue weighted by Gasteiger charge is -1.83. The van der Waals surface area contributed by atoms with Gasteiger partial charge in [-0.2, -0.15) is 0 Å². The van der Waals surface area contributed by atoms with Gasteiger partial charge in [0.05, 0.1) is 0 Å². The molecule has 36 valence electrons. The minimum absolute atomic E-state index is 1.54. The normalized spacial score (nSPS) is 16.0. The van der Waals surface area contributed by atoms with Crippen LogP contribution < -0.4 is 4.72 Å². The quantitative estimate of drug-likeness (QED) is 0.375. The first-order valence-electron chi connectivity index (χ1n) is 1.97. The molecule has 0 spiro atoms. The first-order valence-corrected chi connectivity index (χ1v) is 2.85. The number of hydrogen-bond donors (Lipinski definition) is 1. The second-order valence-corrected chi connectivity index (χ2v) is 1.79. The zero-order valence-corrected chi connectivity index (χ0v) is 4.53. The van der Waals surface area contributed by atoms with E-state index in [0.717, 1.165) is 0 Å². The summed E-state index contributed by atoms with van der Waals surface area (Å²) in [7, 11) is 0. The Balaban J connectivity index is 2.65. The van der Waals surface area contributed by atoms with Crippen LogP contribution in [0.3, 0.4) is 0 Å². The Kier molecular flexibility index (Phi) is 1.67. The van der Waals surface area contributed by atoms with E-state index in [4.69, 9.17) is 0 Å². The van der Waals surface area contributed by atoms with Gasteiger partial charge in [0.2, 0.25) is 0 Å². The topological polar surface area (TPSA) is 12.0 Å². The van der Waals surface area contributed by atoms with Crippen LogP contribution in [-0.4, -0.2) is 0 Å². The van der Waals surface area contributed by atoms with Gasteiger partial charge in [-0.15, -0.1) is 5.73 Å². The van der Waals surface area contributed by atoms with E-state index in [9.17, 15) is 0 Å². The molecule has 1 rings (SSSR count). The van der Waals surface area contributed by atoms with E-state index in [0.29, 0.717) is 0 Å². The van der Waals surface area contributed by atoms with Gasteiger partial charge in [0.1, 0.15) is 0 Å². The molecule has 0 bridgehead atoms. The highest BCUT2D eigenvalue weighted by Crippen LogP contribution is 1.96. The Bertz CT molecular complexity index is 131. The van der Waals surface area contributed by atoms with E-state index in [2.05, 4.69) is 10.5 Å². The molecule has 1 heterocycles. The maximum atomic E-state index is 2.91. The predicted molar refractivity (Wildman–Crippen MR) is 32.5 cm³/mol. The second-order valence-electron chi connectivity index (χ2n) is 1.04. The summed E-state index contributed by atoms with van der Waals surface area (Å²) in [6.07, 6.45) is 5.55. The summed E-state index contributed by atoms with van der Waals surface area (Å²) in [6.45, 7) is 0. The molecule has 0 radical (unpaired) electrons. The van der Waals surface area contributed by atoms with Gasteiger partial charge in [-0.1, -0.05) is 0 Å². The molecule has 0 saturated heterocycles. The van der Waals surface area contributed by atoms with Crippen LogP contribution in [0.2, 0.25) is 0 Å². The lowest BCUT2D eigenvalue weighted by atomic mass is 10.6. The molecule has 1 N–H and O–H groups in total. The second kappa shape index (κ2) is 2.56. The van der Waals surface area contributed by atoms with Gasteiger partial charge >= 0.3 is 0 Å². The van der Waals surface area contributed by atoms with E-state index in [-0.39, 0.29) is 0 Å². The molecular formula is C5H5NS. The van der Waals surface area contributed by atoms with Crippen molar-refractivity contribution in [1.29, 1.82) is 0 Å². The van der Waals surface area contributed by atoms with E-state index in [1.54, 1.807) is 6.20 Å². The summed E-state index contributed by atoms with van der Waals surface area (Å²) in [5.41, 5.74) is 2.88. The monoisotopic (exact) mass is 111 g/mol. The maximum absolute atomic E-state index is 2.91. The Labute approximate surface area is 46.9 Å². The third-order valence-corrected chi connectivity index (χ3v) is 1.10. The largest absolute Gasteiger partial charge is 0.326 e. The Hall–Kier alpha value is -0.590. The highest BCUT2D eigenvalue weighted by Gasteiger charge is 1.71. The first-order chi connectivity index (χ1) is 3.50. The number of hydrogen-bond acceptors (Lipinski definition) is 2. The van der Waals surface area contributed by atoms with E-state index in [1.165, 1.54) is 11.9 Å². The molecule has 0 aromatic carbocycles. The summed E-state index contributed by atoms with van der Waals surface area (Å²) in [5, 5.41) is 1.95. The molecule has 0 aromatic heterocycles. The molecule has 0 fully saturated rings. The zero-order chi connectivity index (χ0) is 4.95. The van der Waals surface area contributed by atoms with Gasteiger partial charge in [0.25, 0.3) is 0 Å². The third-order valence-electron chi connectivity index (χ3n) is 0.549. The van der Waals surface area contributed by atoms with Crippen LogP contribution in [0.5, 0.6) is 0 Å². The summed E-state index contributed by atoms with van der Waals surface area (Å²) in [5.74, 6) is 0. The van der Waals surface area contributed by atoms with Crippen LogP contribution in [0.4, 0.5) is 0 Å². The first kappa shape index (κ1) is 4.57. The van der Waals surface area contributed by atoms with Crippen LogP contribution in [0, 0.1) is 0 Å². The van der Waals surface area contributed by atoms with Crippen LogP contribution in [0.1, 0.15) is 0 Å². The van der Waals surface area contributed by atoms with E-state index >= 15 is 0 Å². The average molecular weight is 111 g/mol. The van der Waals surface area contributed by atoms with Crippen molar-refractivity contribution in [2.45, 2.75) is 0 Å². The van der Waals surface area contributed by atoms with Gasteiger partial charge in [-0.05, 0) is 29.5 Å². The van der Waals surface area contributed by atoms with Gasteiger partial charge in [0.15, 0.2) is 0 Å². The summed E-state index contributed by atoms with van der Waals surface area (Å²) < 4.78 is 2.91. The van der Waals surface area contributed by atoms with Crippen LogP contribution in [-0.2, 0) is 0 Å². The number of allylic oxidation sites excluding steroid dienone is 2. The fraction of sp³-hybridized carbons (Fsp3) is 0. The third kappa shape index (κ3) is 1.53.